The molecule has 6 fully saturated rings. The van der Waals surface area contributed by atoms with Crippen molar-refractivity contribution in [2.75, 3.05) is 13.2 Å². The van der Waals surface area contributed by atoms with Crippen molar-refractivity contribution in [2.45, 2.75) is 181 Å². The lowest BCUT2D eigenvalue weighted by Crippen LogP contribution is -2.19. The third-order valence-corrected chi connectivity index (χ3v) is 32.3. The maximum atomic E-state index is 6.14. The normalized spacial score (nSPS) is 25.8. The average Bonchev–Trinajstić information content (AvgIpc) is 1.66. The van der Waals surface area contributed by atoms with E-state index in [-0.39, 0.29) is 0 Å². The summed E-state index contributed by atoms with van der Waals surface area (Å²) < 4.78 is 12.2. The first-order valence-corrected chi connectivity index (χ1v) is 51.3. The van der Waals surface area contributed by atoms with E-state index in [0.29, 0.717) is 24.0 Å². The van der Waals surface area contributed by atoms with Crippen molar-refractivity contribution in [1.82, 2.24) is 0 Å². The second-order valence-electron chi connectivity index (χ2n) is 41.2. The summed E-state index contributed by atoms with van der Waals surface area (Å²) in [6.45, 7) is 8.21. The lowest BCUT2D eigenvalue weighted by molar-refractivity contribution is 0.0385. The molecule has 12 aliphatic carbocycles. The third-order valence-electron chi connectivity index (χ3n) is 32.3. The molecule has 2 nitrogen and oxygen atoms in total. The first-order chi connectivity index (χ1) is 65.0. The molecule has 6 saturated carbocycles. The number of rotatable bonds is 27. The van der Waals surface area contributed by atoms with E-state index in [2.05, 4.69) is 403 Å². The number of aryl methyl sites for hydroxylation is 6. The van der Waals surface area contributed by atoms with Gasteiger partial charge in [0.2, 0.25) is 0 Å². The molecular formula is C130H140O2. The van der Waals surface area contributed by atoms with Gasteiger partial charge in [-0.2, -0.15) is 0 Å². The topological polar surface area (TPSA) is 18.5 Å². The predicted molar refractivity (Wildman–Crippen MR) is 556 cm³/mol. The van der Waals surface area contributed by atoms with Crippen molar-refractivity contribution in [2.24, 2.45) is 94.7 Å². The molecule has 18 atom stereocenters. The van der Waals surface area contributed by atoms with Crippen LogP contribution in [0.5, 0.6) is 0 Å². The van der Waals surface area contributed by atoms with E-state index in [1.54, 1.807) is 0 Å². The van der Waals surface area contributed by atoms with Gasteiger partial charge in [-0.05, 0) is 356 Å². The van der Waals surface area contributed by atoms with E-state index in [4.69, 9.17) is 9.47 Å². The summed E-state index contributed by atoms with van der Waals surface area (Å²) in [7, 11) is 0. The van der Waals surface area contributed by atoms with Crippen LogP contribution < -0.4 is 0 Å². The van der Waals surface area contributed by atoms with Gasteiger partial charge in [-0.3, -0.25) is 0 Å². The Hall–Kier alpha value is -11.0. The Morgan fingerprint density at radius 2 is 0.538 bits per heavy atom. The van der Waals surface area contributed by atoms with Crippen LogP contribution in [-0.2, 0) is 54.4 Å². The molecule has 0 aliphatic heterocycles. The zero-order chi connectivity index (χ0) is 89.2. The fourth-order valence-corrected chi connectivity index (χ4v) is 24.7. The standard InChI is InChI=1S/C23H26O.C23H26.C22H24.C21H22O.C21H22.C20H20/c1-16-3-10-22(17(2)13-16)20-7-4-18(5-8-20)11-12-24-23-15-19-6-9-21(23)14-19;1-2-17-3-9-20(10-4-17)21-11-5-18(6-12-21)7-13-22-15-19-8-14-23(22)16-19;1-2-6-19(7-3-1)20-12-9-17(10-13-20)5-4-8-21-15-18-11-14-22(21)16-18;1-2-4-18(5-3-1)19-9-6-16(7-10-19)12-13-22-21-15-17-8-11-20(21)14-17;1-2-4-18(5-3-1)19-10-6-16(7-11-19)8-12-20-14-17-9-13-21(20)15-17;1-2-6-16(7-3-1)20-9-5-4-8-18(20)14-19-13-15-10-11-17(19)12-15/h3-10,13,19,21,23H,11-12,14-15H2,1-2H3;3-6,8-12,14,19,22-23H,2,7,13,15-16H2,1H3;1-3,6-7,9-14,18,21-22H,4-5,8,15-16H2;1-11,17,20-21H,12-15H2;1-7,9-11,13,17,20-21H,8,12,14-15H2;1-11,15,17,19H,12-14H2. The number of ether oxygens (including phenoxy) is 2. The molecular weight excluding hydrogens is 1590 g/mol. The van der Waals surface area contributed by atoms with E-state index in [9.17, 15) is 0 Å². The summed E-state index contributed by atoms with van der Waals surface area (Å²) >= 11 is 0. The minimum Gasteiger partial charge on any atom is -0.377 e. The van der Waals surface area contributed by atoms with Gasteiger partial charge in [0.05, 0.1) is 25.4 Å². The molecule has 12 aliphatic rings. The monoisotopic (exact) mass is 1730 g/mol. The molecule has 672 valence electrons. The second kappa shape index (κ2) is 44.2. The van der Waals surface area contributed by atoms with Crippen LogP contribution in [0.4, 0.5) is 0 Å². The zero-order valence-electron chi connectivity index (χ0n) is 78.8. The molecule has 0 N–H and O–H groups in total. The fraction of sp³-hybridized carbons (Fsp3) is 0.354. The van der Waals surface area contributed by atoms with Crippen LogP contribution in [0, 0.1) is 109 Å². The van der Waals surface area contributed by atoms with Gasteiger partial charge in [0, 0.05) is 11.8 Å². The number of hydrogen-bond acceptors (Lipinski definition) is 2. The summed E-state index contributed by atoms with van der Waals surface area (Å²) in [5.41, 5.74) is 28.6. The molecule has 12 bridgehead atoms. The number of allylic oxidation sites excluding steroid dienone is 10. The highest BCUT2D eigenvalue weighted by molar-refractivity contribution is 5.70. The molecule has 18 unspecified atom stereocenters. The Bertz CT molecular complexity index is 5700. The van der Waals surface area contributed by atoms with Crippen LogP contribution in [0.1, 0.15) is 160 Å². The summed E-state index contributed by atoms with van der Waals surface area (Å²) in [4.78, 5) is 0. The van der Waals surface area contributed by atoms with Crippen molar-refractivity contribution in [3.05, 3.63) is 432 Å². The minimum atomic E-state index is 0.467. The van der Waals surface area contributed by atoms with Crippen LogP contribution in [0.3, 0.4) is 0 Å². The van der Waals surface area contributed by atoms with Crippen LogP contribution in [0.2, 0.25) is 0 Å². The van der Waals surface area contributed by atoms with E-state index in [1.165, 1.54) is 245 Å². The van der Waals surface area contributed by atoms with Gasteiger partial charge in [-0.25, -0.2) is 0 Å². The fourth-order valence-electron chi connectivity index (χ4n) is 24.7. The van der Waals surface area contributed by atoms with Gasteiger partial charge in [0.15, 0.2) is 0 Å². The number of benzene rings is 12. The highest BCUT2D eigenvalue weighted by Crippen LogP contribution is 2.50. The van der Waals surface area contributed by atoms with E-state index < -0.39 is 0 Å². The smallest absolute Gasteiger partial charge is 0.0643 e. The Kier molecular flexibility index (Phi) is 30.2. The zero-order valence-corrected chi connectivity index (χ0v) is 78.8. The van der Waals surface area contributed by atoms with Gasteiger partial charge < -0.3 is 9.47 Å². The molecule has 12 aromatic rings. The van der Waals surface area contributed by atoms with Gasteiger partial charge >= 0.3 is 0 Å². The molecule has 0 heterocycles. The highest BCUT2D eigenvalue weighted by Gasteiger charge is 2.41. The van der Waals surface area contributed by atoms with Crippen LogP contribution in [-0.4, -0.2) is 25.4 Å². The lowest BCUT2D eigenvalue weighted by Gasteiger charge is -2.20. The number of fused-ring (bicyclic) bond motifs is 12. The Morgan fingerprint density at radius 1 is 0.235 bits per heavy atom. The van der Waals surface area contributed by atoms with Crippen molar-refractivity contribution in [3.8, 4) is 66.8 Å². The van der Waals surface area contributed by atoms with Crippen molar-refractivity contribution in [1.29, 1.82) is 0 Å². The molecule has 0 spiro atoms. The molecule has 132 heavy (non-hydrogen) atoms. The summed E-state index contributed by atoms with van der Waals surface area (Å²) in [5, 5.41) is 0. The predicted octanol–water partition coefficient (Wildman–Crippen LogP) is 32.9. The molecule has 0 amide bonds. The lowest BCUT2D eigenvalue weighted by atomic mass is 9.85. The van der Waals surface area contributed by atoms with Gasteiger partial charge in [-0.1, -0.05) is 395 Å². The molecule has 24 rings (SSSR count). The van der Waals surface area contributed by atoms with Crippen molar-refractivity contribution in [3.63, 3.8) is 0 Å². The van der Waals surface area contributed by atoms with Gasteiger partial charge in [-0.15, -0.1) is 0 Å². The maximum Gasteiger partial charge on any atom is 0.0643 e. The van der Waals surface area contributed by atoms with Crippen LogP contribution in [0.25, 0.3) is 66.8 Å². The van der Waals surface area contributed by atoms with E-state index in [0.717, 1.165) is 115 Å². The Labute approximate surface area is 791 Å². The molecule has 12 aromatic carbocycles. The van der Waals surface area contributed by atoms with E-state index in [1.807, 2.05) is 0 Å². The third kappa shape index (κ3) is 23.6. The largest absolute Gasteiger partial charge is 0.377 e. The van der Waals surface area contributed by atoms with E-state index >= 15 is 0 Å². The molecule has 0 aromatic heterocycles. The average molecular weight is 1730 g/mol. The van der Waals surface area contributed by atoms with Gasteiger partial charge in [0.25, 0.3) is 0 Å². The Balaban J connectivity index is 0.000000102. The second-order valence-corrected chi connectivity index (χ2v) is 41.2. The Morgan fingerprint density at radius 3 is 0.886 bits per heavy atom. The maximum absolute atomic E-state index is 6.14. The molecule has 2 heteroatoms. The van der Waals surface area contributed by atoms with Crippen LogP contribution in [0.15, 0.2) is 382 Å². The molecule has 0 radical (unpaired) electrons. The summed E-state index contributed by atoms with van der Waals surface area (Å²) in [6, 6.07) is 113. The van der Waals surface area contributed by atoms with Crippen LogP contribution >= 0.6 is 0 Å². The highest BCUT2D eigenvalue weighted by atomic mass is 16.5. The first kappa shape index (κ1) is 90.2. The van der Waals surface area contributed by atoms with Crippen molar-refractivity contribution >= 4 is 0 Å². The molecule has 0 saturated heterocycles. The SMILES string of the molecule is C1=CC2CC1CC2CCCc1ccc(-c2ccccc2)cc1.C1=CC2CC1CC2CCc1ccc(-c2ccccc2)cc1.C1=CC2CC1CC2Cc1ccccc1-c1ccccc1.C1=CC2CC1CC2OCCc1ccc(-c2ccccc2)cc1.CCc1ccc(-c2ccc(CCC3CC4C=CC3C4)cc2)cc1.Cc1ccc(-c2ccc(CCOC3CC4C=CC3C4)cc2)c(C)c1. The van der Waals surface area contributed by atoms with Crippen molar-refractivity contribution < 1.29 is 9.47 Å². The quantitative estimate of drug-likeness (QED) is 0.0478. The minimum absolute atomic E-state index is 0.467. The summed E-state index contributed by atoms with van der Waals surface area (Å²) in [6.07, 6.45) is 60.1. The number of hydrogen-bond donors (Lipinski definition) is 0. The first-order valence-electron chi connectivity index (χ1n) is 51.3. The summed E-state index contributed by atoms with van der Waals surface area (Å²) in [5.74, 6) is 13.8. The van der Waals surface area contributed by atoms with Gasteiger partial charge in [0.1, 0.15) is 0 Å².